The van der Waals surface area contributed by atoms with Crippen molar-refractivity contribution in [2.45, 2.75) is 6.42 Å². The standard InChI is InChI=1S/C17H18N2O2S/c18-10-12-7-8-19(11-12)17(21)14-5-2-1-4-13(14)16(20)15-6-3-9-22-15/h1-6,9,12H,7-8,10-11,18H2. The highest BCUT2D eigenvalue weighted by atomic mass is 32.1. The molecule has 1 amide bonds. The smallest absolute Gasteiger partial charge is 0.254 e. The molecule has 1 aromatic carbocycles. The van der Waals surface area contributed by atoms with Crippen LogP contribution in [0.4, 0.5) is 0 Å². The average Bonchev–Trinajstić information content (AvgIpc) is 3.24. The molecule has 1 aliphatic rings. The third-order valence-corrected chi connectivity index (χ3v) is 4.92. The first-order valence-electron chi connectivity index (χ1n) is 7.37. The Morgan fingerprint density at radius 2 is 1.95 bits per heavy atom. The summed E-state index contributed by atoms with van der Waals surface area (Å²) in [5.74, 6) is 0.203. The molecule has 0 bridgehead atoms. The minimum Gasteiger partial charge on any atom is -0.338 e. The van der Waals surface area contributed by atoms with Gasteiger partial charge in [0, 0.05) is 18.7 Å². The van der Waals surface area contributed by atoms with E-state index in [1.165, 1.54) is 11.3 Å². The molecule has 1 unspecified atom stereocenters. The highest BCUT2D eigenvalue weighted by Gasteiger charge is 2.28. The van der Waals surface area contributed by atoms with Crippen LogP contribution in [-0.2, 0) is 0 Å². The van der Waals surface area contributed by atoms with Crippen LogP contribution in [0.15, 0.2) is 41.8 Å². The number of hydrogen-bond acceptors (Lipinski definition) is 4. The topological polar surface area (TPSA) is 63.4 Å². The van der Waals surface area contributed by atoms with E-state index in [1.54, 1.807) is 35.2 Å². The minimum atomic E-state index is -0.0893. The minimum absolute atomic E-state index is 0.0727. The predicted octanol–water partition coefficient (Wildman–Crippen LogP) is 2.40. The van der Waals surface area contributed by atoms with Gasteiger partial charge in [0.2, 0.25) is 5.78 Å². The Morgan fingerprint density at radius 3 is 2.59 bits per heavy atom. The number of carbonyl (C=O) groups excluding carboxylic acids is 2. The third-order valence-electron chi connectivity index (χ3n) is 4.05. The number of nitrogens with two attached hydrogens (primary N) is 1. The van der Waals surface area contributed by atoms with E-state index >= 15 is 0 Å². The first kappa shape index (κ1) is 14.9. The molecule has 0 radical (unpaired) electrons. The summed E-state index contributed by atoms with van der Waals surface area (Å²) in [6.45, 7) is 1.98. The van der Waals surface area contributed by atoms with Crippen LogP contribution in [-0.4, -0.2) is 36.2 Å². The third kappa shape index (κ3) is 2.82. The zero-order valence-electron chi connectivity index (χ0n) is 12.2. The largest absolute Gasteiger partial charge is 0.338 e. The van der Waals surface area contributed by atoms with E-state index in [4.69, 9.17) is 5.73 Å². The van der Waals surface area contributed by atoms with E-state index in [0.717, 1.165) is 6.42 Å². The highest BCUT2D eigenvalue weighted by molar-refractivity contribution is 7.12. The van der Waals surface area contributed by atoms with Gasteiger partial charge in [0.15, 0.2) is 0 Å². The second kappa shape index (κ2) is 6.42. The van der Waals surface area contributed by atoms with Crippen LogP contribution in [0.5, 0.6) is 0 Å². The summed E-state index contributed by atoms with van der Waals surface area (Å²) < 4.78 is 0. The van der Waals surface area contributed by atoms with Crippen molar-refractivity contribution in [3.8, 4) is 0 Å². The molecule has 0 saturated carbocycles. The van der Waals surface area contributed by atoms with Crippen LogP contribution in [0.25, 0.3) is 0 Å². The van der Waals surface area contributed by atoms with E-state index in [0.29, 0.717) is 41.6 Å². The van der Waals surface area contributed by atoms with E-state index < -0.39 is 0 Å². The average molecular weight is 314 g/mol. The molecular weight excluding hydrogens is 296 g/mol. The maximum atomic E-state index is 12.7. The number of benzene rings is 1. The van der Waals surface area contributed by atoms with Gasteiger partial charge in [0.1, 0.15) is 0 Å². The van der Waals surface area contributed by atoms with Gasteiger partial charge in [-0.15, -0.1) is 11.3 Å². The Labute approximate surface area is 133 Å². The lowest BCUT2D eigenvalue weighted by Crippen LogP contribution is -2.31. The van der Waals surface area contributed by atoms with Crippen LogP contribution in [0.3, 0.4) is 0 Å². The first-order valence-corrected chi connectivity index (χ1v) is 8.25. The highest BCUT2D eigenvalue weighted by Crippen LogP contribution is 2.22. The second-order valence-corrected chi connectivity index (χ2v) is 6.44. The molecular formula is C17H18N2O2S. The fourth-order valence-corrected chi connectivity index (χ4v) is 3.47. The van der Waals surface area contributed by atoms with Crippen LogP contribution < -0.4 is 5.73 Å². The van der Waals surface area contributed by atoms with E-state index in [9.17, 15) is 9.59 Å². The van der Waals surface area contributed by atoms with Crippen molar-refractivity contribution < 1.29 is 9.59 Å². The molecule has 0 aliphatic carbocycles. The lowest BCUT2D eigenvalue weighted by Gasteiger charge is -2.18. The quantitative estimate of drug-likeness (QED) is 0.881. The number of amides is 1. The molecule has 1 aromatic heterocycles. The van der Waals surface area contributed by atoms with Crippen LogP contribution in [0.2, 0.25) is 0 Å². The monoisotopic (exact) mass is 314 g/mol. The van der Waals surface area contributed by atoms with Gasteiger partial charge in [-0.3, -0.25) is 9.59 Å². The fourth-order valence-electron chi connectivity index (χ4n) is 2.79. The van der Waals surface area contributed by atoms with Crippen molar-refractivity contribution in [3.05, 3.63) is 57.8 Å². The molecule has 114 valence electrons. The summed E-state index contributed by atoms with van der Waals surface area (Å²) >= 11 is 1.39. The maximum Gasteiger partial charge on any atom is 0.254 e. The van der Waals surface area contributed by atoms with Gasteiger partial charge in [0.25, 0.3) is 5.91 Å². The Kier molecular flexibility index (Phi) is 4.36. The Balaban J connectivity index is 1.88. The molecule has 3 rings (SSSR count). The summed E-state index contributed by atoms with van der Waals surface area (Å²) in [5.41, 5.74) is 6.65. The molecule has 2 heterocycles. The number of nitrogens with zero attached hydrogens (tertiary/aromatic N) is 1. The molecule has 0 spiro atoms. The van der Waals surface area contributed by atoms with Gasteiger partial charge < -0.3 is 10.6 Å². The Hall–Kier alpha value is -1.98. The predicted molar refractivity (Wildman–Crippen MR) is 87.3 cm³/mol. The number of thiophene rings is 1. The van der Waals surface area contributed by atoms with Crippen molar-refractivity contribution in [2.75, 3.05) is 19.6 Å². The van der Waals surface area contributed by atoms with Crippen molar-refractivity contribution in [3.63, 3.8) is 0 Å². The second-order valence-electron chi connectivity index (χ2n) is 5.49. The van der Waals surface area contributed by atoms with Crippen LogP contribution in [0, 0.1) is 5.92 Å². The van der Waals surface area contributed by atoms with Crippen molar-refractivity contribution in [1.29, 1.82) is 0 Å². The number of carbonyl (C=O) groups is 2. The Morgan fingerprint density at radius 1 is 1.18 bits per heavy atom. The molecule has 1 fully saturated rings. The SMILES string of the molecule is NCC1CCN(C(=O)c2ccccc2C(=O)c2cccs2)C1. The summed E-state index contributed by atoms with van der Waals surface area (Å²) in [5, 5.41) is 1.87. The summed E-state index contributed by atoms with van der Waals surface area (Å²) in [7, 11) is 0. The van der Waals surface area contributed by atoms with E-state index in [2.05, 4.69) is 0 Å². The fraction of sp³-hybridized carbons (Fsp3) is 0.294. The van der Waals surface area contributed by atoms with E-state index in [1.807, 2.05) is 11.4 Å². The maximum absolute atomic E-state index is 12.7. The molecule has 1 saturated heterocycles. The normalized spacial score (nSPS) is 17.7. The molecule has 4 nitrogen and oxygen atoms in total. The van der Waals surface area contributed by atoms with Crippen LogP contribution >= 0.6 is 11.3 Å². The van der Waals surface area contributed by atoms with Crippen molar-refractivity contribution in [1.82, 2.24) is 4.90 Å². The number of rotatable bonds is 4. The number of hydrogen-bond donors (Lipinski definition) is 1. The van der Waals surface area contributed by atoms with Gasteiger partial charge in [0.05, 0.1) is 10.4 Å². The zero-order chi connectivity index (χ0) is 15.5. The van der Waals surface area contributed by atoms with Gasteiger partial charge >= 0.3 is 0 Å². The van der Waals surface area contributed by atoms with Gasteiger partial charge in [-0.1, -0.05) is 24.3 Å². The zero-order valence-corrected chi connectivity index (χ0v) is 13.0. The summed E-state index contributed by atoms with van der Waals surface area (Å²) in [6.07, 6.45) is 0.934. The van der Waals surface area contributed by atoms with Gasteiger partial charge in [-0.05, 0) is 36.4 Å². The molecule has 22 heavy (non-hydrogen) atoms. The number of likely N-dealkylation sites (tertiary alicyclic amines) is 1. The van der Waals surface area contributed by atoms with Crippen molar-refractivity contribution in [2.24, 2.45) is 11.7 Å². The van der Waals surface area contributed by atoms with E-state index in [-0.39, 0.29) is 11.7 Å². The molecule has 1 atom stereocenters. The molecule has 5 heteroatoms. The van der Waals surface area contributed by atoms with Gasteiger partial charge in [-0.25, -0.2) is 0 Å². The summed E-state index contributed by atoms with van der Waals surface area (Å²) in [6, 6.07) is 10.7. The first-order chi connectivity index (χ1) is 10.7. The summed E-state index contributed by atoms with van der Waals surface area (Å²) in [4.78, 5) is 27.8. The lowest BCUT2D eigenvalue weighted by atomic mass is 10.0. The Bertz CT molecular complexity index is 682. The van der Waals surface area contributed by atoms with Crippen molar-refractivity contribution >= 4 is 23.0 Å². The lowest BCUT2D eigenvalue weighted by molar-refractivity contribution is 0.0783. The molecule has 1 aliphatic heterocycles. The molecule has 2 N–H and O–H groups in total. The van der Waals surface area contributed by atoms with Crippen LogP contribution in [0.1, 0.15) is 32.0 Å². The number of ketones is 1. The molecule has 2 aromatic rings. The van der Waals surface area contributed by atoms with Gasteiger partial charge in [-0.2, -0.15) is 0 Å².